The molecule has 0 bridgehead atoms. The van der Waals surface area contributed by atoms with Crippen molar-refractivity contribution in [2.45, 2.75) is 12.3 Å². The van der Waals surface area contributed by atoms with E-state index in [0.717, 1.165) is 5.76 Å². The van der Waals surface area contributed by atoms with E-state index in [0.29, 0.717) is 13.2 Å². The van der Waals surface area contributed by atoms with Crippen LogP contribution in [0.4, 0.5) is 0 Å². The van der Waals surface area contributed by atoms with Crippen molar-refractivity contribution in [3.63, 3.8) is 0 Å². The topological polar surface area (TPSA) is 48.4 Å². The van der Waals surface area contributed by atoms with Crippen LogP contribution in [-0.2, 0) is 10.2 Å². The molecule has 0 saturated carbocycles. The first-order chi connectivity index (χ1) is 5.73. The maximum atomic E-state index is 5.64. The molecule has 0 spiro atoms. The number of hydrogen-bond donors (Lipinski definition) is 1. The molecule has 68 valence electrons. The summed E-state index contributed by atoms with van der Waals surface area (Å²) in [6.07, 6.45) is 1.65. The van der Waals surface area contributed by atoms with Gasteiger partial charge in [0.15, 0.2) is 0 Å². The highest BCUT2D eigenvalue weighted by Crippen LogP contribution is 2.22. The molecule has 0 aromatic carbocycles. The van der Waals surface area contributed by atoms with E-state index in [4.69, 9.17) is 14.9 Å². The van der Waals surface area contributed by atoms with E-state index in [1.807, 2.05) is 19.1 Å². The Kier molecular flexibility index (Phi) is 2.89. The fraction of sp³-hybridized carbons (Fsp3) is 0.556. The third kappa shape index (κ3) is 1.68. The Balaban J connectivity index is 2.80. The molecule has 0 aliphatic heterocycles. The van der Waals surface area contributed by atoms with Crippen LogP contribution in [0.15, 0.2) is 22.8 Å². The lowest BCUT2D eigenvalue weighted by atomic mass is 9.89. The van der Waals surface area contributed by atoms with Crippen LogP contribution in [0, 0.1) is 0 Å². The average Bonchev–Trinajstić information content (AvgIpc) is 2.57. The van der Waals surface area contributed by atoms with Gasteiger partial charge in [0.1, 0.15) is 5.76 Å². The van der Waals surface area contributed by atoms with E-state index in [2.05, 4.69) is 0 Å². The third-order valence-electron chi connectivity index (χ3n) is 2.03. The first kappa shape index (κ1) is 9.29. The molecule has 0 amide bonds. The van der Waals surface area contributed by atoms with Gasteiger partial charge in [-0.25, -0.2) is 0 Å². The number of methoxy groups -OCH3 is 1. The number of nitrogens with two attached hydrogens (primary N) is 1. The smallest absolute Gasteiger partial charge is 0.113 e. The van der Waals surface area contributed by atoms with Crippen LogP contribution < -0.4 is 5.73 Å². The van der Waals surface area contributed by atoms with Crippen molar-refractivity contribution in [3.8, 4) is 0 Å². The molecule has 2 N–H and O–H groups in total. The van der Waals surface area contributed by atoms with Crippen LogP contribution in [0.2, 0.25) is 0 Å². The lowest BCUT2D eigenvalue weighted by Crippen LogP contribution is -2.35. The fourth-order valence-corrected chi connectivity index (χ4v) is 1.17. The minimum absolute atomic E-state index is 0.196. The molecule has 1 rings (SSSR count). The Labute approximate surface area is 72.5 Å². The molecule has 0 radical (unpaired) electrons. The molecule has 1 atom stereocenters. The lowest BCUT2D eigenvalue weighted by Gasteiger charge is -2.24. The van der Waals surface area contributed by atoms with Crippen molar-refractivity contribution in [1.29, 1.82) is 0 Å². The number of furan rings is 1. The summed E-state index contributed by atoms with van der Waals surface area (Å²) >= 11 is 0. The predicted molar refractivity (Wildman–Crippen MR) is 47.0 cm³/mol. The maximum absolute atomic E-state index is 5.64. The fourth-order valence-electron chi connectivity index (χ4n) is 1.17. The summed E-state index contributed by atoms with van der Waals surface area (Å²) in [5.74, 6) is 0.881. The zero-order valence-electron chi connectivity index (χ0n) is 7.54. The summed E-state index contributed by atoms with van der Waals surface area (Å²) in [6.45, 7) is 3.13. The van der Waals surface area contributed by atoms with Gasteiger partial charge in [0.05, 0.1) is 18.3 Å². The van der Waals surface area contributed by atoms with Crippen molar-refractivity contribution in [3.05, 3.63) is 24.2 Å². The summed E-state index contributed by atoms with van der Waals surface area (Å²) in [5.41, 5.74) is 5.45. The molecule has 1 aromatic heterocycles. The van der Waals surface area contributed by atoms with E-state index in [1.165, 1.54) is 0 Å². The van der Waals surface area contributed by atoms with Gasteiger partial charge in [0.25, 0.3) is 0 Å². The highest BCUT2D eigenvalue weighted by Gasteiger charge is 2.27. The van der Waals surface area contributed by atoms with Gasteiger partial charge in [-0.05, 0) is 19.1 Å². The number of hydrogen-bond acceptors (Lipinski definition) is 3. The Morgan fingerprint density at radius 2 is 2.42 bits per heavy atom. The van der Waals surface area contributed by atoms with Gasteiger partial charge in [-0.2, -0.15) is 0 Å². The SMILES string of the molecule is COCC(C)(CN)c1ccco1. The molecule has 12 heavy (non-hydrogen) atoms. The molecule has 1 heterocycles. The molecular weight excluding hydrogens is 154 g/mol. The monoisotopic (exact) mass is 169 g/mol. The van der Waals surface area contributed by atoms with Crippen LogP contribution in [0.1, 0.15) is 12.7 Å². The van der Waals surface area contributed by atoms with Gasteiger partial charge >= 0.3 is 0 Å². The van der Waals surface area contributed by atoms with Gasteiger partial charge in [0.2, 0.25) is 0 Å². The lowest BCUT2D eigenvalue weighted by molar-refractivity contribution is 0.129. The summed E-state index contributed by atoms with van der Waals surface area (Å²) in [5, 5.41) is 0. The number of rotatable bonds is 4. The molecule has 0 fully saturated rings. The molecule has 0 saturated heterocycles. The Morgan fingerprint density at radius 1 is 1.67 bits per heavy atom. The highest BCUT2D eigenvalue weighted by molar-refractivity contribution is 5.13. The van der Waals surface area contributed by atoms with Gasteiger partial charge in [-0.3, -0.25) is 0 Å². The summed E-state index contributed by atoms with van der Waals surface area (Å²) in [6, 6.07) is 3.78. The summed E-state index contributed by atoms with van der Waals surface area (Å²) in [4.78, 5) is 0. The molecule has 0 aliphatic carbocycles. The van der Waals surface area contributed by atoms with Crippen molar-refractivity contribution >= 4 is 0 Å². The van der Waals surface area contributed by atoms with E-state index in [-0.39, 0.29) is 5.41 Å². The molecule has 1 unspecified atom stereocenters. The molecule has 0 aliphatic rings. The Morgan fingerprint density at radius 3 is 2.83 bits per heavy atom. The van der Waals surface area contributed by atoms with Crippen molar-refractivity contribution < 1.29 is 9.15 Å². The second kappa shape index (κ2) is 3.74. The molecule has 3 nitrogen and oxygen atoms in total. The third-order valence-corrected chi connectivity index (χ3v) is 2.03. The van der Waals surface area contributed by atoms with E-state index in [1.54, 1.807) is 13.4 Å². The van der Waals surface area contributed by atoms with Crippen LogP contribution in [-0.4, -0.2) is 20.3 Å². The van der Waals surface area contributed by atoms with Gasteiger partial charge in [-0.1, -0.05) is 0 Å². The second-order valence-electron chi connectivity index (χ2n) is 3.18. The van der Waals surface area contributed by atoms with E-state index in [9.17, 15) is 0 Å². The van der Waals surface area contributed by atoms with Crippen molar-refractivity contribution in [2.24, 2.45) is 5.73 Å². The van der Waals surface area contributed by atoms with E-state index < -0.39 is 0 Å². The standard InChI is InChI=1S/C9H15NO2/c1-9(6-10,7-11-2)8-4-3-5-12-8/h3-5H,6-7,10H2,1-2H3. The zero-order valence-corrected chi connectivity index (χ0v) is 7.54. The zero-order chi connectivity index (χ0) is 9.03. The number of ether oxygens (including phenoxy) is 1. The normalized spacial score (nSPS) is 15.9. The molecule has 1 aromatic rings. The average molecular weight is 169 g/mol. The van der Waals surface area contributed by atoms with Gasteiger partial charge in [0, 0.05) is 13.7 Å². The Bertz CT molecular complexity index is 220. The Hall–Kier alpha value is -0.800. The largest absolute Gasteiger partial charge is 0.469 e. The van der Waals surface area contributed by atoms with Crippen molar-refractivity contribution in [1.82, 2.24) is 0 Å². The van der Waals surface area contributed by atoms with Crippen LogP contribution >= 0.6 is 0 Å². The summed E-state index contributed by atoms with van der Waals surface area (Å²) in [7, 11) is 1.66. The van der Waals surface area contributed by atoms with E-state index >= 15 is 0 Å². The van der Waals surface area contributed by atoms with Crippen molar-refractivity contribution in [2.75, 3.05) is 20.3 Å². The minimum atomic E-state index is -0.196. The van der Waals surface area contributed by atoms with Crippen LogP contribution in [0.25, 0.3) is 0 Å². The first-order valence-electron chi connectivity index (χ1n) is 3.96. The van der Waals surface area contributed by atoms with Gasteiger partial charge < -0.3 is 14.9 Å². The molecular formula is C9H15NO2. The maximum Gasteiger partial charge on any atom is 0.113 e. The van der Waals surface area contributed by atoms with Gasteiger partial charge in [-0.15, -0.1) is 0 Å². The highest BCUT2D eigenvalue weighted by atomic mass is 16.5. The quantitative estimate of drug-likeness (QED) is 0.735. The first-order valence-corrected chi connectivity index (χ1v) is 3.96. The van der Waals surface area contributed by atoms with Crippen LogP contribution in [0.5, 0.6) is 0 Å². The molecule has 3 heteroatoms. The predicted octanol–water partition coefficient (Wildman–Crippen LogP) is 1.14. The second-order valence-corrected chi connectivity index (χ2v) is 3.18. The summed E-state index contributed by atoms with van der Waals surface area (Å²) < 4.78 is 10.4. The van der Waals surface area contributed by atoms with Crippen LogP contribution in [0.3, 0.4) is 0 Å². The minimum Gasteiger partial charge on any atom is -0.469 e.